The van der Waals surface area contributed by atoms with E-state index in [-0.39, 0.29) is 0 Å². The van der Waals surface area contributed by atoms with Crippen LogP contribution in [-0.2, 0) is 5.41 Å². The van der Waals surface area contributed by atoms with Crippen LogP contribution in [0, 0.1) is 0 Å². The van der Waals surface area contributed by atoms with Crippen molar-refractivity contribution < 1.29 is 0 Å². The summed E-state index contributed by atoms with van der Waals surface area (Å²) in [6.45, 7) is 0. The quantitative estimate of drug-likeness (QED) is 0.157. The number of nitrogens with zero attached hydrogens (tertiary/aromatic N) is 2. The molecule has 302 valence electrons. The highest BCUT2D eigenvalue weighted by Crippen LogP contribution is 2.64. The molecule has 12 aromatic rings. The molecule has 0 radical (unpaired) electrons. The van der Waals surface area contributed by atoms with Gasteiger partial charge in [-0.3, -0.25) is 0 Å². The van der Waals surface area contributed by atoms with Crippen LogP contribution in [0.5, 0.6) is 0 Å². The Bertz CT molecular complexity index is 3750. The SMILES string of the molecule is c1ccc(N(c2ccccc2)c2ccc3c4ccccc4n(-c4c5ccccc5c(-c5cccc6c5-c5ccccc5C65c6ccccc6-c6ccccc65)c5ccccc45)c3c2)cc1. The van der Waals surface area contributed by atoms with Gasteiger partial charge >= 0.3 is 0 Å². The number of hydrogen-bond donors (Lipinski definition) is 0. The van der Waals surface area contributed by atoms with Crippen LogP contribution in [0.25, 0.3) is 82.4 Å². The molecule has 0 atom stereocenters. The Morgan fingerprint density at radius 1 is 0.277 bits per heavy atom. The van der Waals surface area contributed by atoms with E-state index in [0.717, 1.165) is 17.1 Å². The maximum atomic E-state index is 2.54. The zero-order chi connectivity index (χ0) is 42.6. The Kier molecular flexibility index (Phi) is 7.64. The standard InChI is InChI=1S/C63H40N2/c1-3-20-41(21-4-1)64(42-22-5-2-6-23-42)43-38-39-47-46-26-14-18-37-58(46)65(59(47)40-43)62-50-29-9-7-27-48(50)60(49-28-8-10-30-51(49)62)53-32-19-36-57-61(53)52-31-13-17-35-56(52)63(57)54-33-15-11-24-44(54)45-25-12-16-34-55(45)63/h1-40H. The van der Waals surface area contributed by atoms with Gasteiger partial charge in [-0.25, -0.2) is 0 Å². The fourth-order valence-corrected chi connectivity index (χ4v) is 11.9. The van der Waals surface area contributed by atoms with Crippen LogP contribution in [0.15, 0.2) is 243 Å². The monoisotopic (exact) mass is 824 g/mol. The van der Waals surface area contributed by atoms with Gasteiger partial charge in [0.25, 0.3) is 0 Å². The van der Waals surface area contributed by atoms with Crippen molar-refractivity contribution in [1.29, 1.82) is 0 Å². The highest BCUT2D eigenvalue weighted by Gasteiger charge is 2.52. The lowest BCUT2D eigenvalue weighted by molar-refractivity contribution is 0.794. The lowest BCUT2D eigenvalue weighted by atomic mass is 9.70. The third kappa shape index (κ3) is 4.88. The molecular weight excluding hydrogens is 785 g/mol. The number of anilines is 3. The summed E-state index contributed by atoms with van der Waals surface area (Å²) in [7, 11) is 0. The molecule has 11 aromatic carbocycles. The number of fused-ring (bicyclic) bond motifs is 15. The Hall–Kier alpha value is -8.46. The van der Waals surface area contributed by atoms with Gasteiger partial charge in [0, 0.05) is 38.6 Å². The molecule has 2 nitrogen and oxygen atoms in total. The van der Waals surface area contributed by atoms with E-state index in [0.29, 0.717) is 0 Å². The predicted molar refractivity (Wildman–Crippen MR) is 272 cm³/mol. The van der Waals surface area contributed by atoms with Crippen molar-refractivity contribution in [3.8, 4) is 39.1 Å². The minimum absolute atomic E-state index is 0.422. The van der Waals surface area contributed by atoms with Crippen molar-refractivity contribution in [3.63, 3.8) is 0 Å². The summed E-state index contributed by atoms with van der Waals surface area (Å²) in [5.74, 6) is 0. The molecule has 0 fully saturated rings. The summed E-state index contributed by atoms with van der Waals surface area (Å²) < 4.78 is 2.54. The van der Waals surface area contributed by atoms with E-state index in [9.17, 15) is 0 Å². The molecule has 1 heterocycles. The van der Waals surface area contributed by atoms with E-state index in [2.05, 4.69) is 252 Å². The summed E-state index contributed by atoms with van der Waals surface area (Å²) in [5, 5.41) is 7.36. The lowest BCUT2D eigenvalue weighted by Crippen LogP contribution is -2.25. The first-order valence-corrected chi connectivity index (χ1v) is 22.6. The van der Waals surface area contributed by atoms with Gasteiger partial charge in [-0.1, -0.05) is 200 Å². The van der Waals surface area contributed by atoms with Gasteiger partial charge < -0.3 is 9.47 Å². The molecule has 0 bridgehead atoms. The maximum Gasteiger partial charge on any atom is 0.0725 e. The van der Waals surface area contributed by atoms with Crippen molar-refractivity contribution in [2.24, 2.45) is 0 Å². The van der Waals surface area contributed by atoms with Crippen LogP contribution in [0.4, 0.5) is 17.1 Å². The molecular formula is C63H40N2. The van der Waals surface area contributed by atoms with Crippen LogP contribution < -0.4 is 4.90 Å². The second kappa shape index (κ2) is 13.8. The third-order valence-electron chi connectivity index (χ3n) is 14.4. The zero-order valence-corrected chi connectivity index (χ0v) is 35.5. The van der Waals surface area contributed by atoms with E-state index < -0.39 is 5.41 Å². The normalized spacial score (nSPS) is 13.0. The highest BCUT2D eigenvalue weighted by molar-refractivity contribution is 6.22. The Labute approximate surface area is 377 Å². The zero-order valence-electron chi connectivity index (χ0n) is 35.5. The van der Waals surface area contributed by atoms with Gasteiger partial charge in [0.1, 0.15) is 0 Å². The van der Waals surface area contributed by atoms with Crippen molar-refractivity contribution in [1.82, 2.24) is 4.57 Å². The minimum Gasteiger partial charge on any atom is -0.310 e. The molecule has 14 rings (SSSR count). The second-order valence-corrected chi connectivity index (χ2v) is 17.5. The van der Waals surface area contributed by atoms with Gasteiger partial charge in [0.05, 0.1) is 22.1 Å². The fourth-order valence-electron chi connectivity index (χ4n) is 11.9. The molecule has 0 amide bonds. The lowest BCUT2D eigenvalue weighted by Gasteiger charge is -2.30. The minimum atomic E-state index is -0.422. The molecule has 65 heavy (non-hydrogen) atoms. The van der Waals surface area contributed by atoms with Crippen LogP contribution in [0.3, 0.4) is 0 Å². The van der Waals surface area contributed by atoms with Crippen molar-refractivity contribution >= 4 is 60.4 Å². The molecule has 1 aromatic heterocycles. The largest absolute Gasteiger partial charge is 0.310 e. The highest BCUT2D eigenvalue weighted by atomic mass is 15.1. The van der Waals surface area contributed by atoms with E-state index in [1.165, 1.54) is 105 Å². The van der Waals surface area contributed by atoms with E-state index >= 15 is 0 Å². The van der Waals surface area contributed by atoms with Gasteiger partial charge in [-0.2, -0.15) is 0 Å². The van der Waals surface area contributed by atoms with Crippen molar-refractivity contribution in [3.05, 3.63) is 265 Å². The topological polar surface area (TPSA) is 8.17 Å². The molecule has 0 unspecified atom stereocenters. The van der Waals surface area contributed by atoms with Crippen molar-refractivity contribution in [2.75, 3.05) is 4.90 Å². The first kappa shape index (κ1) is 36.1. The number of para-hydroxylation sites is 3. The smallest absolute Gasteiger partial charge is 0.0725 e. The molecule has 2 aliphatic rings. The molecule has 2 aliphatic carbocycles. The summed E-state index contributed by atoms with van der Waals surface area (Å²) >= 11 is 0. The van der Waals surface area contributed by atoms with E-state index in [1.54, 1.807) is 0 Å². The van der Waals surface area contributed by atoms with E-state index in [4.69, 9.17) is 0 Å². The molecule has 0 saturated heterocycles. The second-order valence-electron chi connectivity index (χ2n) is 17.5. The van der Waals surface area contributed by atoms with E-state index in [1.807, 2.05) is 0 Å². The third-order valence-corrected chi connectivity index (χ3v) is 14.4. The number of benzene rings is 11. The molecule has 0 aliphatic heterocycles. The average Bonchev–Trinajstić information content (AvgIpc) is 3.98. The number of hydrogen-bond acceptors (Lipinski definition) is 1. The first-order chi connectivity index (χ1) is 32.3. The Balaban J connectivity index is 1.08. The van der Waals surface area contributed by atoms with Crippen LogP contribution in [-0.4, -0.2) is 4.57 Å². The summed E-state index contributed by atoms with van der Waals surface area (Å²) in [6, 6.07) is 90.0. The van der Waals surface area contributed by atoms with Crippen LogP contribution in [0.1, 0.15) is 22.3 Å². The van der Waals surface area contributed by atoms with Gasteiger partial charge in [0.15, 0.2) is 0 Å². The molecule has 1 spiro atoms. The van der Waals surface area contributed by atoms with Gasteiger partial charge in [0.2, 0.25) is 0 Å². The first-order valence-electron chi connectivity index (χ1n) is 22.6. The summed E-state index contributed by atoms with van der Waals surface area (Å²) in [6.07, 6.45) is 0. The van der Waals surface area contributed by atoms with Crippen molar-refractivity contribution in [2.45, 2.75) is 5.41 Å². The Morgan fingerprint density at radius 3 is 1.34 bits per heavy atom. The summed E-state index contributed by atoms with van der Waals surface area (Å²) in [4.78, 5) is 2.36. The van der Waals surface area contributed by atoms with Crippen LogP contribution in [0.2, 0.25) is 0 Å². The Morgan fingerprint density at radius 2 is 0.723 bits per heavy atom. The fraction of sp³-hybridized carbons (Fsp3) is 0.0159. The average molecular weight is 825 g/mol. The number of rotatable bonds is 5. The molecule has 2 heteroatoms. The molecule has 0 N–H and O–H groups in total. The number of aromatic nitrogens is 1. The predicted octanol–water partition coefficient (Wildman–Crippen LogP) is 16.6. The van der Waals surface area contributed by atoms with Gasteiger partial charge in [-0.05, 0) is 109 Å². The molecule has 0 saturated carbocycles. The summed E-state index contributed by atoms with van der Waals surface area (Å²) in [5.41, 5.74) is 19.7. The van der Waals surface area contributed by atoms with Gasteiger partial charge in [-0.15, -0.1) is 0 Å². The maximum absolute atomic E-state index is 2.54. The van der Waals surface area contributed by atoms with Crippen LogP contribution >= 0.6 is 0 Å².